The van der Waals surface area contributed by atoms with Crippen LogP contribution in [0.5, 0.6) is 11.5 Å². The summed E-state index contributed by atoms with van der Waals surface area (Å²) in [6.07, 6.45) is -7.29. The number of piperazine rings is 2. The zero-order valence-electron chi connectivity index (χ0n) is 42.9. The molecule has 0 aliphatic carbocycles. The van der Waals surface area contributed by atoms with Crippen molar-refractivity contribution in [3.63, 3.8) is 0 Å². The molecule has 2 saturated heterocycles. The summed E-state index contributed by atoms with van der Waals surface area (Å²) in [5, 5.41) is 5.02. The van der Waals surface area contributed by atoms with E-state index in [0.717, 1.165) is 38.3 Å². The van der Waals surface area contributed by atoms with Gasteiger partial charge in [-0.05, 0) is 112 Å². The first-order chi connectivity index (χ1) is 37.0. The van der Waals surface area contributed by atoms with Gasteiger partial charge >= 0.3 is 12.7 Å². The summed E-state index contributed by atoms with van der Waals surface area (Å²) in [6, 6.07) is 24.4. The predicted octanol–water partition coefficient (Wildman–Crippen LogP) is 9.57. The number of ether oxygens (including phenoxy) is 2. The summed E-state index contributed by atoms with van der Waals surface area (Å²) in [5.41, 5.74) is 2.18. The smallest absolute Gasteiger partial charge is 0.404 e. The average molecular weight is 1090 g/mol. The van der Waals surface area contributed by atoms with Gasteiger partial charge in [0.15, 0.2) is 23.1 Å². The van der Waals surface area contributed by atoms with Crippen LogP contribution in [0, 0.1) is 11.6 Å². The van der Waals surface area contributed by atoms with E-state index in [1.807, 2.05) is 23.9 Å². The van der Waals surface area contributed by atoms with Gasteiger partial charge in [-0.15, -0.1) is 26.3 Å². The lowest BCUT2D eigenvalue weighted by atomic mass is 10.0. The Morgan fingerprint density at radius 2 is 0.885 bits per heavy atom. The number of rotatable bonds is 16. The van der Waals surface area contributed by atoms with Crippen LogP contribution in [0.15, 0.2) is 122 Å². The maximum Gasteiger partial charge on any atom is 0.573 e. The molecule has 0 spiro atoms. The number of pyridine rings is 2. The molecule has 6 aromatic rings. The Balaban J connectivity index is 0.000000226. The number of carbonyl (C=O) groups is 4. The molecule has 14 nitrogen and oxygen atoms in total. The number of hydrogen-bond acceptors (Lipinski definition) is 12. The molecule has 22 heteroatoms. The maximum absolute atomic E-state index is 14.0. The predicted molar refractivity (Wildman–Crippen MR) is 276 cm³/mol. The Morgan fingerprint density at radius 3 is 1.21 bits per heavy atom. The second kappa shape index (κ2) is 25.7. The Bertz CT molecular complexity index is 2850. The molecule has 2 aliphatic rings. The average Bonchev–Trinajstić information content (AvgIpc) is 3.42. The third-order valence-corrected chi connectivity index (χ3v) is 13.2. The second-order valence-electron chi connectivity index (χ2n) is 18.8. The molecule has 8 rings (SSSR count). The van der Waals surface area contributed by atoms with Gasteiger partial charge in [-0.2, -0.15) is 0 Å². The normalized spacial score (nSPS) is 15.5. The number of halogens is 8. The molecule has 78 heavy (non-hydrogen) atoms. The molecule has 4 aromatic carbocycles. The van der Waals surface area contributed by atoms with Gasteiger partial charge < -0.3 is 29.9 Å². The topological polar surface area (TPSA) is 150 Å². The maximum atomic E-state index is 14.0. The van der Waals surface area contributed by atoms with E-state index in [1.54, 1.807) is 74.5 Å². The van der Waals surface area contributed by atoms with Crippen LogP contribution in [0.25, 0.3) is 22.5 Å². The molecule has 0 unspecified atom stereocenters. The monoisotopic (exact) mass is 1090 g/mol. The largest absolute Gasteiger partial charge is 0.573 e. The number of nitrogens with zero attached hydrogens (tertiary/aromatic N) is 6. The Kier molecular flexibility index (Phi) is 19.1. The summed E-state index contributed by atoms with van der Waals surface area (Å²) in [6.45, 7) is 8.97. The van der Waals surface area contributed by atoms with Crippen molar-refractivity contribution in [3.05, 3.63) is 155 Å². The zero-order valence-corrected chi connectivity index (χ0v) is 42.9. The minimum atomic E-state index is -4.99. The summed E-state index contributed by atoms with van der Waals surface area (Å²) < 4.78 is 114. The zero-order chi connectivity index (χ0) is 56.3. The van der Waals surface area contributed by atoms with Crippen molar-refractivity contribution in [1.29, 1.82) is 0 Å². The first-order valence-electron chi connectivity index (χ1n) is 24.7. The van der Waals surface area contributed by atoms with E-state index < -0.39 is 71.3 Å². The highest BCUT2D eigenvalue weighted by Gasteiger charge is 2.35. The van der Waals surface area contributed by atoms with Crippen LogP contribution in [0.1, 0.15) is 45.7 Å². The molecule has 0 radical (unpaired) electrons. The summed E-state index contributed by atoms with van der Waals surface area (Å²) in [7, 11) is 3.94. The third kappa shape index (κ3) is 16.2. The van der Waals surface area contributed by atoms with Crippen molar-refractivity contribution in [2.45, 2.75) is 51.5 Å². The van der Waals surface area contributed by atoms with Gasteiger partial charge in [0.25, 0.3) is 0 Å². The van der Waals surface area contributed by atoms with E-state index in [4.69, 9.17) is 0 Å². The number of Topliss-reactive ketones (excluding diaryl/α,β-unsaturated/α-hetero) is 2. The molecule has 2 N–H and O–H groups in total. The first-order valence-corrected chi connectivity index (χ1v) is 24.7. The second-order valence-corrected chi connectivity index (χ2v) is 18.8. The quantitative estimate of drug-likeness (QED) is 0.0702. The molecular formula is C56H56F8N8O6. The fraction of sp³-hybridized carbons (Fsp3) is 0.321. The van der Waals surface area contributed by atoms with Gasteiger partial charge in [-0.1, -0.05) is 36.4 Å². The van der Waals surface area contributed by atoms with E-state index in [2.05, 4.69) is 39.9 Å². The summed E-state index contributed by atoms with van der Waals surface area (Å²) >= 11 is 0. The minimum absolute atomic E-state index is 0.0882. The van der Waals surface area contributed by atoms with Gasteiger partial charge in [0.2, 0.25) is 11.8 Å². The van der Waals surface area contributed by atoms with Crippen molar-refractivity contribution in [3.8, 4) is 34.0 Å². The van der Waals surface area contributed by atoms with Crippen LogP contribution < -0.4 is 20.1 Å². The van der Waals surface area contributed by atoms with Crippen LogP contribution in [-0.2, 0) is 22.4 Å². The first kappa shape index (κ1) is 58.0. The number of anilines is 2. The number of hydrogen-bond donors (Lipinski definition) is 2. The van der Waals surface area contributed by atoms with Gasteiger partial charge in [0.1, 0.15) is 11.6 Å². The number of ketones is 2. The molecule has 2 amide bonds. The highest BCUT2D eigenvalue weighted by molar-refractivity contribution is 6.02. The van der Waals surface area contributed by atoms with Crippen LogP contribution in [0.2, 0.25) is 0 Å². The number of alkyl halides is 6. The number of benzene rings is 4. The number of carbonyl (C=O) groups excluding carboxylic acids is 4. The van der Waals surface area contributed by atoms with Gasteiger partial charge in [0, 0.05) is 99.8 Å². The number of amides is 2. The lowest BCUT2D eigenvalue weighted by Crippen LogP contribution is -2.51. The number of aromatic nitrogens is 2. The molecule has 2 fully saturated rings. The van der Waals surface area contributed by atoms with E-state index in [-0.39, 0.29) is 35.3 Å². The highest BCUT2D eigenvalue weighted by atomic mass is 19.4. The SMILES string of the molecule is C[C@@H](C(=O)Nc1cc(C(=O)Cc2ccc(-c3ccccc3F)nc2)ccc1OC(F)(F)F)N1CCN(C)CC1.C[C@H](C(=O)Nc1cc(C(=O)Cc2ccc(-c3ccccc3F)nc2)ccc1OC(F)(F)F)N1CCN(C)CC1. The fourth-order valence-electron chi connectivity index (χ4n) is 8.54. The molecule has 0 saturated carbocycles. The van der Waals surface area contributed by atoms with E-state index >= 15 is 0 Å². The molecular weight excluding hydrogens is 1030 g/mol. The molecule has 412 valence electrons. The van der Waals surface area contributed by atoms with Gasteiger partial charge in [0.05, 0.1) is 34.8 Å². The number of likely N-dealkylation sites (N-methyl/N-ethyl adjacent to an activating group) is 2. The van der Waals surface area contributed by atoms with Crippen molar-refractivity contribution < 1.29 is 63.8 Å². The van der Waals surface area contributed by atoms with Crippen LogP contribution in [-0.4, -0.2) is 144 Å². The summed E-state index contributed by atoms with van der Waals surface area (Å²) in [4.78, 5) is 68.4. The molecule has 2 aromatic heterocycles. The third-order valence-electron chi connectivity index (χ3n) is 13.2. The van der Waals surface area contributed by atoms with Gasteiger partial charge in [-0.25, -0.2) is 8.78 Å². The van der Waals surface area contributed by atoms with Crippen molar-refractivity contribution in [2.24, 2.45) is 0 Å². The van der Waals surface area contributed by atoms with E-state index in [0.29, 0.717) is 59.8 Å². The standard InChI is InChI=1S/2C28H28F4N4O3/c2*1-18(36-13-11-35(2)12-14-36)27(38)34-24-16-20(8-10-26(24)39-28(30,31)32)25(37)15-19-7-9-23(33-17-19)21-5-3-4-6-22(21)29/h2*3-10,16-18H,11-15H2,1-2H3,(H,34,38)/t2*18-/m10/s1. The van der Waals surface area contributed by atoms with Gasteiger partial charge in [-0.3, -0.25) is 38.9 Å². The lowest BCUT2D eigenvalue weighted by molar-refractivity contribution is -0.275. The van der Waals surface area contributed by atoms with Crippen molar-refractivity contribution >= 4 is 34.8 Å². The lowest BCUT2D eigenvalue weighted by Gasteiger charge is -2.35. The fourth-order valence-corrected chi connectivity index (χ4v) is 8.54. The highest BCUT2D eigenvalue weighted by Crippen LogP contribution is 2.34. The Hall–Kier alpha value is -7.66. The van der Waals surface area contributed by atoms with Crippen LogP contribution in [0.4, 0.5) is 46.5 Å². The van der Waals surface area contributed by atoms with Crippen molar-refractivity contribution in [2.75, 3.05) is 77.1 Å². The van der Waals surface area contributed by atoms with Crippen molar-refractivity contribution in [1.82, 2.24) is 29.6 Å². The van der Waals surface area contributed by atoms with E-state index in [9.17, 15) is 54.3 Å². The molecule has 4 heterocycles. The van der Waals surface area contributed by atoms with Crippen LogP contribution in [0.3, 0.4) is 0 Å². The van der Waals surface area contributed by atoms with Crippen LogP contribution >= 0.6 is 0 Å². The minimum Gasteiger partial charge on any atom is -0.404 e. The summed E-state index contributed by atoms with van der Waals surface area (Å²) in [5.74, 6) is -3.91. The number of nitrogens with one attached hydrogen (secondary N) is 2. The molecule has 2 atom stereocenters. The molecule has 0 bridgehead atoms. The Morgan fingerprint density at radius 1 is 0.526 bits per heavy atom. The van der Waals surface area contributed by atoms with E-state index in [1.165, 1.54) is 48.8 Å². The molecule has 2 aliphatic heterocycles. The Labute approximate surface area is 445 Å².